The molecule has 3 aromatic heterocycles. The van der Waals surface area contributed by atoms with Crippen LogP contribution in [0, 0.1) is 28.8 Å². The summed E-state index contributed by atoms with van der Waals surface area (Å²) in [5.74, 6) is -4.07. The van der Waals surface area contributed by atoms with E-state index in [1.54, 1.807) is 14.0 Å². The fourth-order valence-electron chi connectivity index (χ4n) is 7.05. The lowest BCUT2D eigenvalue weighted by molar-refractivity contribution is -0.138. The van der Waals surface area contributed by atoms with Crippen LogP contribution in [0.2, 0.25) is 0 Å². The van der Waals surface area contributed by atoms with E-state index in [1.807, 2.05) is 18.0 Å². The number of nitrogens with zero attached hydrogens (tertiary/aromatic N) is 6. The van der Waals surface area contributed by atoms with Gasteiger partial charge in [-0.25, -0.2) is 18.2 Å². The van der Waals surface area contributed by atoms with Crippen LogP contribution in [0.4, 0.5) is 43.0 Å². The minimum atomic E-state index is -5.26. The molecule has 4 N–H and O–H groups in total. The molecule has 1 fully saturated rings. The Labute approximate surface area is 296 Å². The van der Waals surface area contributed by atoms with Crippen LogP contribution in [0.3, 0.4) is 0 Å². The van der Waals surface area contributed by atoms with Gasteiger partial charge in [-0.2, -0.15) is 28.4 Å². The van der Waals surface area contributed by atoms with E-state index in [0.717, 1.165) is 24.4 Å². The zero-order valence-corrected chi connectivity index (χ0v) is 28.6. The number of pyridine rings is 1. The van der Waals surface area contributed by atoms with Crippen LogP contribution in [0.1, 0.15) is 36.1 Å². The number of hydrogen-bond acceptors (Lipinski definition) is 12. The molecule has 18 heteroatoms. The second-order valence-corrected chi connectivity index (χ2v) is 13.5. The first-order chi connectivity index (χ1) is 24.7. The first-order valence-electron chi connectivity index (χ1n) is 16.0. The van der Waals surface area contributed by atoms with Crippen LogP contribution in [0.5, 0.6) is 11.8 Å². The Balaban J connectivity index is 1.54. The number of rotatable bonds is 7. The van der Waals surface area contributed by atoms with Gasteiger partial charge in [-0.3, -0.25) is 4.90 Å². The Morgan fingerprint density at radius 3 is 2.63 bits per heavy atom. The molecule has 11 nitrogen and oxygen atoms in total. The second-order valence-electron chi connectivity index (χ2n) is 12.5. The van der Waals surface area contributed by atoms with Gasteiger partial charge in [0.25, 0.3) is 0 Å². The predicted molar refractivity (Wildman–Crippen MR) is 182 cm³/mol. The van der Waals surface area contributed by atoms with E-state index in [-0.39, 0.29) is 75.8 Å². The number of methoxy groups -OCH3 is 1. The summed E-state index contributed by atoms with van der Waals surface area (Å²) in [5, 5.41) is 9.01. The van der Waals surface area contributed by atoms with Gasteiger partial charge in [-0.15, -0.1) is 11.3 Å². The lowest BCUT2D eigenvalue weighted by Crippen LogP contribution is -2.38. The molecule has 272 valence electrons. The molecule has 0 aliphatic carbocycles. The number of likely N-dealkylation sites (tertiary alicyclic amines) is 1. The smallest absolute Gasteiger partial charge is 0.420 e. The van der Waals surface area contributed by atoms with Gasteiger partial charge in [-0.1, -0.05) is 6.07 Å². The SMILES string of the molecule is CO[C@H]1CCN(C)[C@@H]1COc1nc2c3c(c(C(F)(F)F)c(-c4ccc(F)c5sc(N)c(C#N)c45)c(F)c3n1)OCCN2[C@H](C)c1cc(F)cnc1N. The molecular formula is C34H30F6N8O3S. The molecule has 0 saturated carbocycles. The van der Waals surface area contributed by atoms with E-state index in [9.17, 15) is 9.65 Å². The van der Waals surface area contributed by atoms with Crippen LogP contribution in [-0.4, -0.2) is 72.5 Å². The minimum absolute atomic E-state index is 0.0208. The maximum atomic E-state index is 17.3. The van der Waals surface area contributed by atoms with Crippen LogP contribution in [0.25, 0.3) is 32.1 Å². The van der Waals surface area contributed by atoms with Gasteiger partial charge in [0.2, 0.25) is 0 Å². The molecule has 0 unspecified atom stereocenters. The Kier molecular flexibility index (Phi) is 8.91. The zero-order valence-electron chi connectivity index (χ0n) is 27.8. The molecule has 2 aromatic carbocycles. The van der Waals surface area contributed by atoms with Gasteiger partial charge in [0.05, 0.1) is 46.6 Å². The van der Waals surface area contributed by atoms with Gasteiger partial charge in [0.1, 0.15) is 64.4 Å². The number of likely N-dealkylation sites (N-methyl/N-ethyl adjacent to an activating group) is 1. The third-order valence-electron chi connectivity index (χ3n) is 9.62. The summed E-state index contributed by atoms with van der Waals surface area (Å²) in [6.45, 7) is 1.79. The molecule has 2 aliphatic heterocycles. The van der Waals surface area contributed by atoms with Crippen molar-refractivity contribution in [3.05, 3.63) is 58.5 Å². The molecule has 7 rings (SSSR count). The number of halogens is 6. The summed E-state index contributed by atoms with van der Waals surface area (Å²) in [4.78, 5) is 16.2. The summed E-state index contributed by atoms with van der Waals surface area (Å²) in [6, 6.07) is 3.28. The molecular weight excluding hydrogens is 714 g/mol. The van der Waals surface area contributed by atoms with Crippen molar-refractivity contribution in [1.29, 1.82) is 5.26 Å². The van der Waals surface area contributed by atoms with E-state index in [4.69, 9.17) is 25.7 Å². The molecule has 2 aliphatic rings. The Morgan fingerprint density at radius 1 is 1.15 bits per heavy atom. The highest BCUT2D eigenvalue weighted by Gasteiger charge is 2.44. The average molecular weight is 745 g/mol. The van der Waals surface area contributed by atoms with E-state index in [2.05, 4.69) is 15.0 Å². The first kappa shape index (κ1) is 35.3. The predicted octanol–water partition coefficient (Wildman–Crippen LogP) is 6.44. The highest BCUT2D eigenvalue weighted by molar-refractivity contribution is 7.23. The van der Waals surface area contributed by atoms with Crippen molar-refractivity contribution >= 4 is 49.0 Å². The number of fused-ring (bicyclic) bond motifs is 1. The highest BCUT2D eigenvalue weighted by Crippen LogP contribution is 2.54. The van der Waals surface area contributed by atoms with Crippen LogP contribution in [0.15, 0.2) is 24.4 Å². The standard InChI is InChI=1S/C34H30F6N8O3S/c1-14(17-10-15(35)12-44-30(17)42)48-8-9-50-28-24-27(45-33(46-32(24)48)51-13-20-21(49-3)6-7-47(20)2)26(37)23(25(28)34(38,39)40)16-4-5-19(36)29-22(16)18(11-41)31(43)52-29/h4-5,10,12,14,20-21H,6-9,13,43H2,1-3H3,(H2,42,44)/t14-,20-,21+/m1/s1. The fraction of sp³-hybridized carbons (Fsp3) is 0.353. The largest absolute Gasteiger partial charge is 0.490 e. The average Bonchev–Trinajstić information content (AvgIpc) is 3.58. The maximum Gasteiger partial charge on any atom is 0.420 e. The summed E-state index contributed by atoms with van der Waals surface area (Å²) >= 11 is 0.652. The number of nitrogens with two attached hydrogens (primary N) is 2. The van der Waals surface area contributed by atoms with E-state index in [1.165, 1.54) is 4.90 Å². The third-order valence-corrected chi connectivity index (χ3v) is 10.6. The topological polar surface area (TPSA) is 149 Å². The van der Waals surface area contributed by atoms with Gasteiger partial charge in [-0.05, 0) is 38.1 Å². The van der Waals surface area contributed by atoms with Crippen LogP contribution in [-0.2, 0) is 10.9 Å². The molecule has 1 saturated heterocycles. The van der Waals surface area contributed by atoms with Crippen molar-refractivity contribution in [2.45, 2.75) is 37.7 Å². The van der Waals surface area contributed by atoms with Crippen molar-refractivity contribution in [2.24, 2.45) is 0 Å². The number of aromatic nitrogens is 3. The van der Waals surface area contributed by atoms with Crippen molar-refractivity contribution in [3.63, 3.8) is 0 Å². The molecule has 3 atom stereocenters. The number of benzene rings is 2. The molecule has 0 spiro atoms. The number of nitrogen functional groups attached to an aromatic ring is 2. The summed E-state index contributed by atoms with van der Waals surface area (Å²) < 4.78 is 110. The number of ether oxygens (including phenoxy) is 3. The summed E-state index contributed by atoms with van der Waals surface area (Å²) in [5.41, 5.74) is 8.36. The number of anilines is 3. The first-order valence-corrected chi connectivity index (χ1v) is 16.8. The fourth-order valence-corrected chi connectivity index (χ4v) is 8.00. The van der Waals surface area contributed by atoms with Crippen LogP contribution >= 0.6 is 11.3 Å². The monoisotopic (exact) mass is 744 g/mol. The third kappa shape index (κ3) is 5.72. The molecule has 52 heavy (non-hydrogen) atoms. The maximum absolute atomic E-state index is 17.3. The summed E-state index contributed by atoms with van der Waals surface area (Å²) in [7, 11) is 3.43. The Morgan fingerprint density at radius 2 is 1.92 bits per heavy atom. The molecule has 5 heterocycles. The van der Waals surface area contributed by atoms with Gasteiger partial charge >= 0.3 is 12.2 Å². The Hall–Kier alpha value is -5.12. The Bertz CT molecular complexity index is 2280. The van der Waals surface area contributed by atoms with Gasteiger partial charge in [0.15, 0.2) is 5.82 Å². The number of alkyl halides is 3. The van der Waals surface area contributed by atoms with Crippen LogP contribution < -0.4 is 25.8 Å². The molecule has 0 bridgehead atoms. The minimum Gasteiger partial charge on any atom is -0.490 e. The number of hydrogen-bond donors (Lipinski definition) is 2. The van der Waals surface area contributed by atoms with E-state index >= 15 is 22.0 Å². The lowest BCUT2D eigenvalue weighted by Gasteiger charge is -2.30. The molecule has 5 aromatic rings. The van der Waals surface area contributed by atoms with E-state index < -0.39 is 63.0 Å². The molecule has 0 radical (unpaired) electrons. The van der Waals surface area contributed by atoms with Crippen molar-refractivity contribution in [3.8, 4) is 29.0 Å². The van der Waals surface area contributed by atoms with Crippen molar-refractivity contribution in [2.75, 3.05) is 56.8 Å². The normalized spacial score (nSPS) is 18.4. The van der Waals surface area contributed by atoms with Crippen molar-refractivity contribution in [1.82, 2.24) is 19.9 Å². The molecule has 0 amide bonds. The van der Waals surface area contributed by atoms with Crippen molar-refractivity contribution < 1.29 is 40.6 Å². The number of nitriles is 1. The van der Waals surface area contributed by atoms with E-state index in [0.29, 0.717) is 24.3 Å². The zero-order chi connectivity index (χ0) is 37.2. The lowest BCUT2D eigenvalue weighted by atomic mass is 9.91. The van der Waals surface area contributed by atoms with Gasteiger partial charge < -0.3 is 30.6 Å². The quantitative estimate of drug-likeness (QED) is 0.178. The second kappa shape index (κ2) is 13.1. The summed E-state index contributed by atoms with van der Waals surface area (Å²) in [6.07, 6.45) is -3.84. The van der Waals surface area contributed by atoms with Gasteiger partial charge in [0, 0.05) is 30.2 Å². The highest BCUT2D eigenvalue weighted by atomic mass is 32.1. The number of thiophene rings is 1.